The van der Waals surface area contributed by atoms with Gasteiger partial charge in [0.1, 0.15) is 0 Å². The molecule has 6 heterocycles. The number of nitrogens with zero attached hydrogens (tertiary/aromatic N) is 8. The van der Waals surface area contributed by atoms with Crippen LogP contribution >= 0.6 is 0 Å². The Morgan fingerprint density at radius 3 is 0.923 bits per heavy atom. The standard InChI is InChI=1S/C28H16GeN8O2/c1-5-13-21-17(9-1)30-25-34(21)29(35-22-14-6-2-10-18(22)31-26(35)38-25)36-23-15-7-3-11-19(23)32-27(36)39-28-33-20-12-4-8-16-24(20)37(28)29/h1-16H. The van der Waals surface area contributed by atoms with Crippen molar-refractivity contribution in [2.24, 2.45) is 0 Å². The van der Waals surface area contributed by atoms with E-state index >= 15 is 0 Å². The van der Waals surface area contributed by atoms with Gasteiger partial charge in [-0.05, 0) is 0 Å². The van der Waals surface area contributed by atoms with Crippen molar-refractivity contribution in [1.82, 2.24) is 34.0 Å². The van der Waals surface area contributed by atoms with Crippen molar-refractivity contribution >= 4 is 58.3 Å². The van der Waals surface area contributed by atoms with Crippen LogP contribution in [0.5, 0.6) is 24.0 Å². The summed E-state index contributed by atoms with van der Waals surface area (Å²) in [6.07, 6.45) is 0. The Bertz CT molecular complexity index is 2000. The second-order valence-electron chi connectivity index (χ2n) is 9.68. The van der Waals surface area contributed by atoms with Gasteiger partial charge in [-0.2, -0.15) is 0 Å². The molecule has 0 aliphatic carbocycles. The Balaban J connectivity index is 1.54. The van der Waals surface area contributed by atoms with Crippen LogP contribution in [0.15, 0.2) is 97.1 Å². The maximum atomic E-state index is 6.52. The summed E-state index contributed by atoms with van der Waals surface area (Å²) in [5, 5.41) is 0. The Morgan fingerprint density at radius 2 is 0.641 bits per heavy atom. The molecule has 0 amide bonds. The molecule has 0 saturated heterocycles. The van der Waals surface area contributed by atoms with Gasteiger partial charge in [0.15, 0.2) is 0 Å². The number of rotatable bonds is 0. The number of aromatic nitrogens is 8. The van der Waals surface area contributed by atoms with Gasteiger partial charge in [-0.25, -0.2) is 0 Å². The molecular weight excluding hydrogens is 553 g/mol. The minimum atomic E-state index is -4.35. The molecule has 10 nitrogen and oxygen atoms in total. The number of imidazole rings is 4. The van der Waals surface area contributed by atoms with Crippen LogP contribution < -0.4 is 9.47 Å². The van der Waals surface area contributed by atoms with E-state index in [1.165, 1.54) is 0 Å². The number of benzene rings is 4. The third-order valence-electron chi connectivity index (χ3n) is 7.69. The Kier molecular flexibility index (Phi) is 3.41. The van der Waals surface area contributed by atoms with E-state index in [1.807, 2.05) is 72.8 Å². The second-order valence-corrected chi connectivity index (χ2v) is 15.9. The van der Waals surface area contributed by atoms with Gasteiger partial charge >= 0.3 is 223 Å². The van der Waals surface area contributed by atoms with Crippen LogP contribution in [0.4, 0.5) is 0 Å². The van der Waals surface area contributed by atoms with Crippen LogP contribution in [-0.4, -0.2) is 48.2 Å². The molecule has 11 heteroatoms. The molecule has 0 atom stereocenters. The van der Waals surface area contributed by atoms with Gasteiger partial charge in [0.2, 0.25) is 0 Å². The first-order valence-corrected chi connectivity index (χ1v) is 16.4. The van der Waals surface area contributed by atoms with E-state index in [0.29, 0.717) is 24.0 Å². The summed E-state index contributed by atoms with van der Waals surface area (Å²) in [6.45, 7) is 0. The maximum absolute atomic E-state index is 6.52. The van der Waals surface area contributed by atoms with Crippen molar-refractivity contribution in [3.05, 3.63) is 97.1 Å². The number of fused-ring (bicyclic) bond motifs is 16. The van der Waals surface area contributed by atoms with Gasteiger partial charge in [-0.1, -0.05) is 0 Å². The van der Waals surface area contributed by atoms with Crippen LogP contribution in [0.1, 0.15) is 0 Å². The molecule has 39 heavy (non-hydrogen) atoms. The van der Waals surface area contributed by atoms with E-state index in [9.17, 15) is 0 Å². The summed E-state index contributed by atoms with van der Waals surface area (Å²) < 4.78 is 22.2. The number of hydrogen-bond acceptors (Lipinski definition) is 6. The summed E-state index contributed by atoms with van der Waals surface area (Å²) in [4.78, 5) is 19.9. The summed E-state index contributed by atoms with van der Waals surface area (Å²) in [5.74, 6) is 0. The molecular formula is C28H16GeN8O2. The zero-order chi connectivity index (χ0) is 25.3. The molecule has 1 spiro atoms. The zero-order valence-electron chi connectivity index (χ0n) is 20.1. The third kappa shape index (κ3) is 2.22. The number of ether oxygens (including phenoxy) is 2. The van der Waals surface area contributed by atoms with E-state index < -0.39 is 14.2 Å². The fourth-order valence-corrected chi connectivity index (χ4v) is 16.0. The predicted molar refractivity (Wildman–Crippen MR) is 146 cm³/mol. The predicted octanol–water partition coefficient (Wildman–Crippen LogP) is 5.23. The van der Waals surface area contributed by atoms with Crippen LogP contribution in [0, 0.1) is 0 Å². The number of para-hydroxylation sites is 8. The van der Waals surface area contributed by atoms with Crippen molar-refractivity contribution in [3.8, 4) is 24.0 Å². The van der Waals surface area contributed by atoms with Gasteiger partial charge < -0.3 is 0 Å². The first-order valence-electron chi connectivity index (χ1n) is 12.6. The monoisotopic (exact) mass is 570 g/mol. The first kappa shape index (κ1) is 19.9. The van der Waals surface area contributed by atoms with Gasteiger partial charge in [0.05, 0.1) is 0 Å². The van der Waals surface area contributed by atoms with Crippen LogP contribution in [0.25, 0.3) is 44.1 Å². The van der Waals surface area contributed by atoms with E-state index in [-0.39, 0.29) is 0 Å². The van der Waals surface area contributed by atoms with Gasteiger partial charge in [-0.15, -0.1) is 0 Å². The SMILES string of the molecule is c1ccc2c(c1)nc1[n]2[Ge]2([n]3c(nc4ccccc43)O1)[n]1c(nc3ccccc31)Oc1nc3ccccc3[n]12. The minimum absolute atomic E-state index is 0.494. The van der Waals surface area contributed by atoms with Crippen molar-refractivity contribution in [2.45, 2.75) is 0 Å². The molecule has 184 valence electrons. The fraction of sp³-hybridized carbons (Fsp3) is 0. The Morgan fingerprint density at radius 1 is 0.385 bits per heavy atom. The van der Waals surface area contributed by atoms with Crippen molar-refractivity contribution in [3.63, 3.8) is 0 Å². The molecule has 10 rings (SSSR count). The Hall–Kier alpha value is -5.10. The van der Waals surface area contributed by atoms with Crippen LogP contribution in [0.2, 0.25) is 0 Å². The summed E-state index contributed by atoms with van der Waals surface area (Å²) in [5.41, 5.74) is 7.23. The molecule has 0 unspecified atom stereocenters. The topological polar surface area (TPSA) is 89.7 Å². The average Bonchev–Trinajstić information content (AvgIpc) is 3.72. The average molecular weight is 569 g/mol. The van der Waals surface area contributed by atoms with E-state index in [2.05, 4.69) is 38.4 Å². The third-order valence-corrected chi connectivity index (χ3v) is 16.3. The fourth-order valence-electron chi connectivity index (χ4n) is 6.21. The molecule has 0 N–H and O–H groups in total. The molecule has 4 aromatic carbocycles. The molecule has 2 aliphatic rings. The van der Waals surface area contributed by atoms with Crippen molar-refractivity contribution in [1.29, 1.82) is 0 Å². The summed E-state index contributed by atoms with van der Waals surface area (Å²) >= 11 is -4.35. The molecule has 0 saturated carbocycles. The summed E-state index contributed by atoms with van der Waals surface area (Å²) in [6, 6.07) is 34.5. The summed E-state index contributed by atoms with van der Waals surface area (Å²) in [7, 11) is 0. The zero-order valence-corrected chi connectivity index (χ0v) is 22.2. The molecule has 2 aliphatic heterocycles. The molecule has 0 bridgehead atoms. The normalized spacial score (nSPS) is 14.8. The van der Waals surface area contributed by atoms with Crippen LogP contribution in [0.3, 0.4) is 0 Å². The van der Waals surface area contributed by atoms with Crippen molar-refractivity contribution in [2.75, 3.05) is 0 Å². The Labute approximate surface area is 222 Å². The molecule has 0 radical (unpaired) electrons. The van der Waals surface area contributed by atoms with E-state index in [1.54, 1.807) is 0 Å². The molecule has 8 aromatic rings. The van der Waals surface area contributed by atoms with Crippen LogP contribution in [-0.2, 0) is 0 Å². The van der Waals surface area contributed by atoms with Gasteiger partial charge in [-0.3, -0.25) is 0 Å². The molecule has 4 aromatic heterocycles. The van der Waals surface area contributed by atoms with E-state index in [0.717, 1.165) is 44.1 Å². The van der Waals surface area contributed by atoms with Crippen molar-refractivity contribution < 1.29 is 9.47 Å². The second kappa shape index (κ2) is 6.66. The molecule has 0 fully saturated rings. The first-order chi connectivity index (χ1) is 19.3. The quantitative estimate of drug-likeness (QED) is 0.233. The van der Waals surface area contributed by atoms with Gasteiger partial charge in [0, 0.05) is 0 Å². The number of hydrogen-bond donors (Lipinski definition) is 0. The van der Waals surface area contributed by atoms with Gasteiger partial charge in [0.25, 0.3) is 0 Å². The van der Waals surface area contributed by atoms with E-state index in [4.69, 9.17) is 29.4 Å².